The largest absolute Gasteiger partial charge is 0.0620 e. The summed E-state index contributed by atoms with van der Waals surface area (Å²) in [5, 5.41) is 0. The van der Waals surface area contributed by atoms with Gasteiger partial charge in [0, 0.05) is 0 Å². The quantitative estimate of drug-likeness (QED) is 0.708. The molecule has 0 aliphatic heterocycles. The first-order valence-electron chi connectivity index (χ1n) is 6.04. The average Bonchev–Trinajstić information content (AvgIpc) is 2.25. The summed E-state index contributed by atoms with van der Waals surface area (Å²) in [4.78, 5) is 0. The lowest BCUT2D eigenvalue weighted by Gasteiger charge is -2.12. The van der Waals surface area contributed by atoms with Crippen LogP contribution in [0.4, 0.5) is 0 Å². The lowest BCUT2D eigenvalue weighted by atomic mass is 9.93. The highest BCUT2D eigenvalue weighted by atomic mass is 14.1. The van der Waals surface area contributed by atoms with E-state index in [1.165, 1.54) is 27.8 Å². The van der Waals surface area contributed by atoms with Crippen molar-refractivity contribution in [3.05, 3.63) is 76.7 Å². The number of hydrogen-bond acceptors (Lipinski definition) is 0. The van der Waals surface area contributed by atoms with Gasteiger partial charge in [-0.15, -0.1) is 0 Å². The van der Waals surface area contributed by atoms with Crippen molar-refractivity contribution in [3.8, 4) is 0 Å². The summed E-state index contributed by atoms with van der Waals surface area (Å²) in [6, 6.07) is 12.9. The normalized spacial score (nSPS) is 10.6. The molecule has 0 aliphatic rings. The Hall–Kier alpha value is -1.56. The zero-order valence-corrected chi connectivity index (χ0v) is 10.9. The maximum absolute atomic E-state index is 4.09. The molecule has 2 aromatic carbocycles. The second-order valence-corrected chi connectivity index (χ2v) is 4.82. The molecule has 0 saturated carbocycles. The van der Waals surface area contributed by atoms with Crippen LogP contribution >= 0.6 is 0 Å². The van der Waals surface area contributed by atoms with Crippen LogP contribution in [-0.4, -0.2) is 0 Å². The molecule has 0 amide bonds. The molecule has 17 heavy (non-hydrogen) atoms. The summed E-state index contributed by atoms with van der Waals surface area (Å²) in [5.74, 6) is 0. The van der Waals surface area contributed by atoms with E-state index in [0.29, 0.717) is 0 Å². The van der Waals surface area contributed by atoms with Crippen molar-refractivity contribution < 1.29 is 0 Å². The van der Waals surface area contributed by atoms with Crippen LogP contribution in [0.25, 0.3) is 0 Å². The lowest BCUT2D eigenvalue weighted by molar-refractivity contribution is 1.10. The van der Waals surface area contributed by atoms with Crippen LogP contribution in [0.1, 0.15) is 33.4 Å². The molecule has 2 aromatic rings. The molecule has 2 rings (SSSR count). The molecule has 0 spiro atoms. The zero-order valence-electron chi connectivity index (χ0n) is 10.9. The number of rotatable bonds is 2. The minimum Gasteiger partial charge on any atom is -0.0620 e. The van der Waals surface area contributed by atoms with E-state index in [4.69, 9.17) is 0 Å². The number of benzene rings is 2. The Kier molecular flexibility index (Phi) is 3.33. The zero-order chi connectivity index (χ0) is 12.4. The van der Waals surface area contributed by atoms with Crippen LogP contribution in [-0.2, 0) is 6.42 Å². The number of hydrogen-bond donors (Lipinski definition) is 0. The fourth-order valence-electron chi connectivity index (χ4n) is 2.41. The van der Waals surface area contributed by atoms with Crippen molar-refractivity contribution in [2.24, 2.45) is 0 Å². The van der Waals surface area contributed by atoms with E-state index < -0.39 is 0 Å². The Bertz CT molecular complexity index is 512. The van der Waals surface area contributed by atoms with E-state index in [1.54, 1.807) is 0 Å². The van der Waals surface area contributed by atoms with Gasteiger partial charge in [0.15, 0.2) is 0 Å². The van der Waals surface area contributed by atoms with Gasteiger partial charge in [0.1, 0.15) is 0 Å². The van der Waals surface area contributed by atoms with Crippen molar-refractivity contribution >= 4 is 0 Å². The molecule has 87 valence electrons. The minimum atomic E-state index is 0.984. The molecule has 0 unspecified atom stereocenters. The molecule has 1 radical (unpaired) electrons. The fraction of sp³-hybridized carbons (Fsp3) is 0.235. The summed E-state index contributed by atoms with van der Waals surface area (Å²) in [6.45, 7) is 10.6. The van der Waals surface area contributed by atoms with Crippen molar-refractivity contribution in [3.63, 3.8) is 0 Å². The maximum Gasteiger partial charge on any atom is -0.00178 e. The Labute approximate surface area is 104 Å². The predicted molar refractivity (Wildman–Crippen MR) is 74.4 cm³/mol. The van der Waals surface area contributed by atoms with Crippen molar-refractivity contribution in [2.45, 2.75) is 27.2 Å². The molecule has 0 bridgehead atoms. The second kappa shape index (κ2) is 4.75. The highest BCUT2D eigenvalue weighted by molar-refractivity contribution is 5.42. The van der Waals surface area contributed by atoms with E-state index in [-0.39, 0.29) is 0 Å². The van der Waals surface area contributed by atoms with Crippen LogP contribution in [0.5, 0.6) is 0 Å². The molecule has 0 aliphatic carbocycles. The molecule has 0 N–H and O–H groups in total. The second-order valence-electron chi connectivity index (χ2n) is 4.82. The molecular weight excluding hydrogens is 204 g/mol. The first kappa shape index (κ1) is 11.9. The van der Waals surface area contributed by atoms with Gasteiger partial charge in [-0.25, -0.2) is 0 Å². The summed E-state index contributed by atoms with van der Waals surface area (Å²) >= 11 is 0. The Morgan fingerprint density at radius 3 is 2.12 bits per heavy atom. The van der Waals surface area contributed by atoms with E-state index in [1.807, 2.05) is 6.07 Å². The van der Waals surface area contributed by atoms with Crippen LogP contribution in [0.15, 0.2) is 36.4 Å². The first-order valence-corrected chi connectivity index (χ1v) is 6.04. The van der Waals surface area contributed by atoms with E-state index in [2.05, 4.69) is 58.0 Å². The highest BCUT2D eigenvalue weighted by Gasteiger charge is 2.06. The maximum atomic E-state index is 4.09. The van der Waals surface area contributed by atoms with Crippen molar-refractivity contribution in [2.75, 3.05) is 0 Å². The molecule has 0 heterocycles. The topological polar surface area (TPSA) is 0 Å². The van der Waals surface area contributed by atoms with Gasteiger partial charge in [-0.05, 0) is 61.9 Å². The Morgan fingerprint density at radius 1 is 0.941 bits per heavy atom. The third-order valence-corrected chi connectivity index (χ3v) is 3.33. The molecule has 0 heteroatoms. The minimum absolute atomic E-state index is 0.984. The van der Waals surface area contributed by atoms with Crippen molar-refractivity contribution in [1.82, 2.24) is 0 Å². The van der Waals surface area contributed by atoms with Gasteiger partial charge in [-0.2, -0.15) is 0 Å². The van der Waals surface area contributed by atoms with Crippen LogP contribution in [0.2, 0.25) is 0 Å². The standard InChI is InChI=1S/C17H19/c1-12-9-14(3)17(15(4)10-12)11-16-8-6-5-7-13(16)2/h5-10H,2,11H2,1,3-4H3. The van der Waals surface area contributed by atoms with E-state index >= 15 is 0 Å². The van der Waals surface area contributed by atoms with Crippen LogP contribution in [0, 0.1) is 27.7 Å². The summed E-state index contributed by atoms with van der Waals surface area (Å²) < 4.78 is 0. The van der Waals surface area contributed by atoms with Gasteiger partial charge in [-0.3, -0.25) is 0 Å². The lowest BCUT2D eigenvalue weighted by Crippen LogP contribution is -1.98. The Morgan fingerprint density at radius 2 is 1.53 bits per heavy atom. The van der Waals surface area contributed by atoms with Gasteiger partial charge in [0.05, 0.1) is 0 Å². The van der Waals surface area contributed by atoms with Gasteiger partial charge in [0.25, 0.3) is 0 Å². The van der Waals surface area contributed by atoms with Gasteiger partial charge in [0.2, 0.25) is 0 Å². The highest BCUT2D eigenvalue weighted by Crippen LogP contribution is 2.21. The Balaban J connectivity index is 2.40. The third kappa shape index (κ3) is 2.58. The summed E-state index contributed by atoms with van der Waals surface area (Å²) in [5.41, 5.74) is 7.99. The summed E-state index contributed by atoms with van der Waals surface area (Å²) in [6.07, 6.45) is 0.984. The van der Waals surface area contributed by atoms with E-state index in [9.17, 15) is 0 Å². The monoisotopic (exact) mass is 223 g/mol. The predicted octanol–water partition coefficient (Wildman–Crippen LogP) is 4.38. The van der Waals surface area contributed by atoms with E-state index in [0.717, 1.165) is 12.0 Å². The fourth-order valence-corrected chi connectivity index (χ4v) is 2.41. The first-order chi connectivity index (χ1) is 8.08. The third-order valence-electron chi connectivity index (χ3n) is 3.33. The molecule has 0 nitrogen and oxygen atoms in total. The van der Waals surface area contributed by atoms with Gasteiger partial charge < -0.3 is 0 Å². The average molecular weight is 223 g/mol. The SMILES string of the molecule is [CH2]c1ccccc1Cc1c(C)cc(C)cc1C. The molecule has 0 saturated heterocycles. The summed E-state index contributed by atoms with van der Waals surface area (Å²) in [7, 11) is 0. The van der Waals surface area contributed by atoms with Gasteiger partial charge in [-0.1, -0.05) is 42.0 Å². The van der Waals surface area contributed by atoms with Crippen LogP contribution < -0.4 is 0 Å². The van der Waals surface area contributed by atoms with Crippen LogP contribution in [0.3, 0.4) is 0 Å². The molecule has 0 fully saturated rings. The van der Waals surface area contributed by atoms with Gasteiger partial charge >= 0.3 is 0 Å². The van der Waals surface area contributed by atoms with Crippen molar-refractivity contribution in [1.29, 1.82) is 0 Å². The number of aryl methyl sites for hydroxylation is 3. The smallest absolute Gasteiger partial charge is 0.00178 e. The molecule has 0 atom stereocenters. The molecular formula is C17H19. The molecule has 0 aromatic heterocycles.